The summed E-state index contributed by atoms with van der Waals surface area (Å²) >= 11 is 0. The van der Waals surface area contributed by atoms with Crippen molar-refractivity contribution in [2.75, 3.05) is 25.0 Å². The number of aromatic hydroxyl groups is 1. The third kappa shape index (κ3) is 3.35. The first kappa shape index (κ1) is 12.2. The van der Waals surface area contributed by atoms with Crippen molar-refractivity contribution in [3.8, 4) is 5.75 Å². The Morgan fingerprint density at radius 2 is 2.29 bits per heavy atom. The number of aliphatic hydroxyl groups is 1. The van der Waals surface area contributed by atoms with Crippen molar-refractivity contribution in [1.29, 1.82) is 0 Å². The fraction of sp³-hybridized carbons (Fsp3) is 0.538. The molecule has 1 aromatic rings. The Morgan fingerprint density at radius 1 is 1.41 bits per heavy atom. The smallest absolute Gasteiger partial charge is 0.121 e. The van der Waals surface area contributed by atoms with Crippen molar-refractivity contribution < 1.29 is 10.2 Å². The van der Waals surface area contributed by atoms with E-state index in [-0.39, 0.29) is 12.4 Å². The van der Waals surface area contributed by atoms with Crippen LogP contribution in [0, 0.1) is 5.92 Å². The van der Waals surface area contributed by atoms with E-state index in [4.69, 9.17) is 5.11 Å². The highest BCUT2D eigenvalue weighted by molar-refractivity contribution is 5.50. The van der Waals surface area contributed by atoms with Gasteiger partial charge >= 0.3 is 0 Å². The molecular formula is C13H20N2O2. The number of benzene rings is 1. The van der Waals surface area contributed by atoms with Gasteiger partial charge in [0.05, 0.1) is 6.61 Å². The van der Waals surface area contributed by atoms with E-state index in [2.05, 4.69) is 10.6 Å². The molecule has 0 saturated carbocycles. The molecule has 4 nitrogen and oxygen atoms in total. The summed E-state index contributed by atoms with van der Waals surface area (Å²) in [6.45, 7) is 3.00. The number of aliphatic hydroxyl groups excluding tert-OH is 1. The lowest BCUT2D eigenvalue weighted by Crippen LogP contribution is -2.33. The van der Waals surface area contributed by atoms with Gasteiger partial charge in [-0.2, -0.15) is 0 Å². The van der Waals surface area contributed by atoms with Crippen LogP contribution in [-0.2, 0) is 6.61 Å². The van der Waals surface area contributed by atoms with Gasteiger partial charge in [0, 0.05) is 17.8 Å². The topological polar surface area (TPSA) is 64.5 Å². The molecule has 17 heavy (non-hydrogen) atoms. The molecule has 0 aliphatic carbocycles. The molecule has 4 heteroatoms. The average molecular weight is 236 g/mol. The monoisotopic (exact) mass is 236 g/mol. The SMILES string of the molecule is OCc1cc(NCC2CCCNC2)ccc1O. The molecule has 1 aliphatic rings. The van der Waals surface area contributed by atoms with Gasteiger partial charge in [-0.25, -0.2) is 0 Å². The molecule has 1 aromatic carbocycles. The van der Waals surface area contributed by atoms with Crippen molar-refractivity contribution in [2.45, 2.75) is 19.4 Å². The Kier molecular flexibility index (Phi) is 4.23. The molecule has 0 radical (unpaired) electrons. The molecule has 0 amide bonds. The molecule has 2 rings (SSSR count). The third-order valence-corrected chi connectivity index (χ3v) is 3.24. The van der Waals surface area contributed by atoms with Crippen LogP contribution in [0.2, 0.25) is 0 Å². The van der Waals surface area contributed by atoms with Crippen LogP contribution in [0.5, 0.6) is 5.75 Å². The van der Waals surface area contributed by atoms with E-state index >= 15 is 0 Å². The molecule has 0 bridgehead atoms. The summed E-state index contributed by atoms with van der Waals surface area (Å²) in [7, 11) is 0. The van der Waals surface area contributed by atoms with E-state index in [1.165, 1.54) is 12.8 Å². The molecule has 0 aromatic heterocycles. The summed E-state index contributed by atoms with van der Waals surface area (Å²) in [6, 6.07) is 5.25. The van der Waals surface area contributed by atoms with Gasteiger partial charge in [-0.1, -0.05) is 0 Å². The minimum atomic E-state index is -0.133. The number of hydrogen-bond donors (Lipinski definition) is 4. The number of rotatable bonds is 4. The Morgan fingerprint density at radius 3 is 3.00 bits per heavy atom. The van der Waals surface area contributed by atoms with Crippen LogP contribution in [0.3, 0.4) is 0 Å². The first-order valence-corrected chi connectivity index (χ1v) is 6.17. The second kappa shape index (κ2) is 5.89. The Hall–Kier alpha value is -1.26. The Balaban J connectivity index is 1.89. The molecule has 1 unspecified atom stereocenters. The maximum Gasteiger partial charge on any atom is 0.121 e. The van der Waals surface area contributed by atoms with E-state index in [1.54, 1.807) is 12.1 Å². The fourth-order valence-corrected chi connectivity index (χ4v) is 2.18. The lowest BCUT2D eigenvalue weighted by molar-refractivity contribution is 0.275. The third-order valence-electron chi connectivity index (χ3n) is 3.24. The van der Waals surface area contributed by atoms with E-state index in [0.717, 1.165) is 25.3 Å². The van der Waals surface area contributed by atoms with Gasteiger partial charge in [0.15, 0.2) is 0 Å². The Bertz CT molecular complexity index is 362. The van der Waals surface area contributed by atoms with Crippen LogP contribution in [0.15, 0.2) is 18.2 Å². The van der Waals surface area contributed by atoms with Gasteiger partial charge in [-0.05, 0) is 50.0 Å². The van der Waals surface area contributed by atoms with Crippen molar-refractivity contribution in [2.24, 2.45) is 5.92 Å². The van der Waals surface area contributed by atoms with Gasteiger partial charge in [0.2, 0.25) is 0 Å². The number of anilines is 1. The zero-order valence-electron chi connectivity index (χ0n) is 9.95. The van der Waals surface area contributed by atoms with Crippen molar-refractivity contribution in [3.05, 3.63) is 23.8 Å². The molecule has 0 spiro atoms. The summed E-state index contributed by atoms with van der Waals surface area (Å²) in [5.41, 5.74) is 1.52. The molecule has 4 N–H and O–H groups in total. The highest BCUT2D eigenvalue weighted by atomic mass is 16.3. The van der Waals surface area contributed by atoms with Crippen LogP contribution in [-0.4, -0.2) is 29.8 Å². The standard InChI is InChI=1S/C13H20N2O2/c16-9-11-6-12(3-4-13(11)17)15-8-10-2-1-5-14-7-10/h3-4,6,10,14-17H,1-2,5,7-9H2. The van der Waals surface area contributed by atoms with Gasteiger partial charge in [0.1, 0.15) is 5.75 Å². The van der Waals surface area contributed by atoms with Gasteiger partial charge in [0.25, 0.3) is 0 Å². The van der Waals surface area contributed by atoms with Crippen molar-refractivity contribution in [3.63, 3.8) is 0 Å². The number of phenols is 1. The quantitative estimate of drug-likeness (QED) is 0.595. The van der Waals surface area contributed by atoms with Crippen molar-refractivity contribution in [1.82, 2.24) is 5.32 Å². The van der Waals surface area contributed by atoms with Crippen LogP contribution >= 0.6 is 0 Å². The molecule has 1 atom stereocenters. The largest absolute Gasteiger partial charge is 0.508 e. The predicted molar refractivity (Wildman–Crippen MR) is 68.1 cm³/mol. The van der Waals surface area contributed by atoms with Crippen LogP contribution in [0.4, 0.5) is 5.69 Å². The maximum atomic E-state index is 9.45. The average Bonchev–Trinajstić information content (AvgIpc) is 2.39. The fourth-order valence-electron chi connectivity index (χ4n) is 2.18. The van der Waals surface area contributed by atoms with Gasteiger partial charge in [-0.3, -0.25) is 0 Å². The van der Waals surface area contributed by atoms with E-state index < -0.39 is 0 Å². The van der Waals surface area contributed by atoms with E-state index in [1.807, 2.05) is 6.07 Å². The minimum absolute atomic E-state index is 0.133. The Labute approximate surface area is 102 Å². The summed E-state index contributed by atoms with van der Waals surface area (Å²) < 4.78 is 0. The lowest BCUT2D eigenvalue weighted by Gasteiger charge is -2.23. The summed E-state index contributed by atoms with van der Waals surface area (Å²) in [6.07, 6.45) is 2.49. The molecule has 1 heterocycles. The highest BCUT2D eigenvalue weighted by Gasteiger charge is 2.12. The van der Waals surface area contributed by atoms with E-state index in [9.17, 15) is 5.11 Å². The first-order chi connectivity index (χ1) is 8.29. The minimum Gasteiger partial charge on any atom is -0.508 e. The lowest BCUT2D eigenvalue weighted by atomic mass is 9.99. The summed E-state index contributed by atoms with van der Waals surface area (Å²) in [5.74, 6) is 0.813. The second-order valence-corrected chi connectivity index (χ2v) is 4.59. The first-order valence-electron chi connectivity index (χ1n) is 6.17. The normalized spacial score (nSPS) is 20.2. The maximum absolute atomic E-state index is 9.45. The number of hydrogen-bond acceptors (Lipinski definition) is 4. The zero-order valence-corrected chi connectivity index (χ0v) is 9.95. The van der Waals surface area contributed by atoms with Crippen LogP contribution < -0.4 is 10.6 Å². The highest BCUT2D eigenvalue weighted by Crippen LogP contribution is 2.22. The molecular weight excluding hydrogens is 216 g/mol. The molecule has 1 fully saturated rings. The predicted octanol–water partition coefficient (Wildman–Crippen LogP) is 1.30. The van der Waals surface area contributed by atoms with Gasteiger partial charge in [-0.15, -0.1) is 0 Å². The number of piperidine rings is 1. The summed E-state index contributed by atoms with van der Waals surface area (Å²) in [5, 5.41) is 25.3. The van der Waals surface area contributed by atoms with Crippen LogP contribution in [0.25, 0.3) is 0 Å². The van der Waals surface area contributed by atoms with E-state index in [0.29, 0.717) is 11.5 Å². The van der Waals surface area contributed by atoms with Crippen molar-refractivity contribution >= 4 is 5.69 Å². The molecule has 1 aliphatic heterocycles. The molecule has 94 valence electrons. The summed E-state index contributed by atoms with van der Waals surface area (Å²) in [4.78, 5) is 0. The zero-order chi connectivity index (χ0) is 12.1. The van der Waals surface area contributed by atoms with Gasteiger partial charge < -0.3 is 20.8 Å². The van der Waals surface area contributed by atoms with Crippen LogP contribution in [0.1, 0.15) is 18.4 Å². The number of nitrogens with one attached hydrogen (secondary N) is 2. The second-order valence-electron chi connectivity index (χ2n) is 4.59. The molecule has 1 saturated heterocycles.